The molecule has 2 aromatic rings. The first kappa shape index (κ1) is 16.9. The molecule has 1 aliphatic carbocycles. The highest BCUT2D eigenvalue weighted by Gasteiger charge is 2.12. The summed E-state index contributed by atoms with van der Waals surface area (Å²) in [7, 11) is 0. The van der Waals surface area contributed by atoms with Crippen molar-refractivity contribution in [3.8, 4) is 0 Å². The summed E-state index contributed by atoms with van der Waals surface area (Å²) in [6, 6.07) is 7.97. The van der Waals surface area contributed by atoms with E-state index in [0.717, 1.165) is 30.0 Å². The number of rotatable bonds is 5. The van der Waals surface area contributed by atoms with Gasteiger partial charge in [0.1, 0.15) is 0 Å². The smallest absolute Gasteiger partial charge is 0.253 e. The Hall–Kier alpha value is -2.95. The molecular weight excluding hydrogens is 312 g/mol. The lowest BCUT2D eigenvalue weighted by atomic mass is 9.92. The van der Waals surface area contributed by atoms with Crippen LogP contribution < -0.4 is 11.1 Å². The number of hydrogen-bond donors (Lipinski definition) is 3. The maximum absolute atomic E-state index is 12.3. The Morgan fingerprint density at radius 1 is 1.36 bits per heavy atom. The lowest BCUT2D eigenvalue weighted by Gasteiger charge is -2.15. The van der Waals surface area contributed by atoms with Crippen molar-refractivity contribution in [2.24, 2.45) is 5.73 Å². The Balaban J connectivity index is 1.85. The van der Waals surface area contributed by atoms with Crippen LogP contribution in [0.5, 0.6) is 0 Å². The van der Waals surface area contributed by atoms with E-state index in [-0.39, 0.29) is 12.5 Å². The Kier molecular flexibility index (Phi) is 5.23. The third kappa shape index (κ3) is 3.94. The van der Waals surface area contributed by atoms with Gasteiger partial charge in [-0.3, -0.25) is 9.78 Å². The average molecular weight is 334 g/mol. The molecule has 128 valence electrons. The zero-order valence-corrected chi connectivity index (χ0v) is 14.1. The summed E-state index contributed by atoms with van der Waals surface area (Å²) in [5, 5.41) is 10.7. The second-order valence-corrected chi connectivity index (χ2v) is 6.17. The molecule has 0 atom stereocenters. The van der Waals surface area contributed by atoms with Crippen LogP contribution in [0.2, 0.25) is 0 Å². The van der Waals surface area contributed by atoms with Gasteiger partial charge in [0.05, 0.1) is 17.6 Å². The molecule has 0 spiro atoms. The van der Waals surface area contributed by atoms with Crippen molar-refractivity contribution < 1.29 is 4.79 Å². The van der Waals surface area contributed by atoms with E-state index in [1.807, 2.05) is 18.2 Å². The number of allylic oxidation sites excluding steroid dienone is 3. The second kappa shape index (κ2) is 7.75. The van der Waals surface area contributed by atoms with Crippen LogP contribution in [0.4, 0.5) is 0 Å². The lowest BCUT2D eigenvalue weighted by molar-refractivity contribution is 0.0956. The molecule has 0 unspecified atom stereocenters. The molecule has 4 N–H and O–H groups in total. The number of amides is 1. The Morgan fingerprint density at radius 3 is 3.00 bits per heavy atom. The number of carbonyl (C=O) groups excluding carboxylic acids is 1. The van der Waals surface area contributed by atoms with Crippen LogP contribution in [0.25, 0.3) is 16.5 Å². The first-order chi connectivity index (χ1) is 12.2. The minimum atomic E-state index is -0.224. The number of para-hydroxylation sites is 1. The van der Waals surface area contributed by atoms with Crippen molar-refractivity contribution in [1.82, 2.24) is 10.3 Å². The molecule has 0 aliphatic heterocycles. The van der Waals surface area contributed by atoms with Crippen molar-refractivity contribution in [1.29, 1.82) is 5.41 Å². The Bertz CT molecular complexity index is 867. The van der Waals surface area contributed by atoms with E-state index >= 15 is 0 Å². The van der Waals surface area contributed by atoms with Crippen molar-refractivity contribution in [3.63, 3.8) is 0 Å². The molecule has 5 heteroatoms. The van der Waals surface area contributed by atoms with Gasteiger partial charge in [-0.15, -0.1) is 0 Å². The third-order valence-corrected chi connectivity index (χ3v) is 4.36. The summed E-state index contributed by atoms with van der Waals surface area (Å²) in [6.45, 7) is 0.208. The number of benzene rings is 1. The highest BCUT2D eigenvalue weighted by atomic mass is 16.1. The number of hydrogen-bond acceptors (Lipinski definition) is 4. The highest BCUT2D eigenvalue weighted by Crippen LogP contribution is 2.31. The van der Waals surface area contributed by atoms with E-state index in [9.17, 15) is 4.79 Å². The van der Waals surface area contributed by atoms with Crippen LogP contribution in [-0.2, 0) is 0 Å². The zero-order valence-electron chi connectivity index (χ0n) is 14.1. The van der Waals surface area contributed by atoms with Gasteiger partial charge in [-0.2, -0.15) is 0 Å². The minimum absolute atomic E-state index is 0.208. The summed E-state index contributed by atoms with van der Waals surface area (Å²) in [4.78, 5) is 16.8. The number of nitrogens with one attached hydrogen (secondary N) is 2. The number of aromatic nitrogens is 1. The molecule has 0 fully saturated rings. The fourth-order valence-corrected chi connectivity index (χ4v) is 3.08. The molecule has 0 radical (unpaired) electrons. The van der Waals surface area contributed by atoms with Gasteiger partial charge in [0, 0.05) is 29.1 Å². The van der Waals surface area contributed by atoms with E-state index in [0.29, 0.717) is 11.3 Å². The van der Waals surface area contributed by atoms with E-state index in [4.69, 9.17) is 11.1 Å². The molecule has 0 saturated carbocycles. The summed E-state index contributed by atoms with van der Waals surface area (Å²) in [5.74, 6) is -0.224. The van der Waals surface area contributed by atoms with Gasteiger partial charge in [0.2, 0.25) is 0 Å². The molecule has 1 aliphatic rings. The van der Waals surface area contributed by atoms with Gasteiger partial charge in [0.15, 0.2) is 0 Å². The number of pyridine rings is 1. The van der Waals surface area contributed by atoms with E-state index in [1.165, 1.54) is 30.1 Å². The van der Waals surface area contributed by atoms with Crippen LogP contribution in [0.3, 0.4) is 0 Å². The summed E-state index contributed by atoms with van der Waals surface area (Å²) in [6.07, 6.45) is 11.1. The topological polar surface area (TPSA) is 91.9 Å². The van der Waals surface area contributed by atoms with Crippen molar-refractivity contribution in [2.45, 2.75) is 25.7 Å². The molecule has 1 aromatic carbocycles. The summed E-state index contributed by atoms with van der Waals surface area (Å²) in [5.41, 5.74) is 10.1. The largest absolute Gasteiger partial charge is 0.401 e. The van der Waals surface area contributed by atoms with Gasteiger partial charge >= 0.3 is 0 Å². The van der Waals surface area contributed by atoms with Crippen molar-refractivity contribution >= 4 is 28.6 Å². The normalized spacial score (nSPS) is 14.9. The molecular formula is C20H22N4O. The van der Waals surface area contributed by atoms with Gasteiger partial charge < -0.3 is 16.5 Å². The molecule has 3 rings (SSSR count). The van der Waals surface area contributed by atoms with Crippen molar-refractivity contribution in [3.05, 3.63) is 59.4 Å². The predicted molar refractivity (Wildman–Crippen MR) is 102 cm³/mol. The van der Waals surface area contributed by atoms with Crippen LogP contribution in [0, 0.1) is 5.41 Å². The number of carbonyl (C=O) groups is 1. The summed E-state index contributed by atoms with van der Waals surface area (Å²) >= 11 is 0. The molecule has 0 bridgehead atoms. The van der Waals surface area contributed by atoms with E-state index in [1.54, 1.807) is 6.20 Å². The molecule has 1 amide bonds. The predicted octanol–water partition coefficient (Wildman–Crippen LogP) is 3.41. The first-order valence-electron chi connectivity index (χ1n) is 8.50. The molecule has 0 saturated heterocycles. The third-order valence-electron chi connectivity index (χ3n) is 4.36. The fraction of sp³-hybridized carbons (Fsp3) is 0.250. The minimum Gasteiger partial charge on any atom is -0.401 e. The number of nitrogens with two attached hydrogens (primary N) is 1. The van der Waals surface area contributed by atoms with Crippen LogP contribution >= 0.6 is 0 Å². The SMILES string of the molecule is N=C/C=C(\N)CNC(=O)c1cnc2c(C3=CCCCC3)cccc2c1. The van der Waals surface area contributed by atoms with Crippen LogP contribution in [0.15, 0.2) is 48.3 Å². The average Bonchev–Trinajstić information content (AvgIpc) is 2.66. The van der Waals surface area contributed by atoms with Crippen LogP contribution in [-0.4, -0.2) is 23.7 Å². The first-order valence-corrected chi connectivity index (χ1v) is 8.50. The lowest BCUT2D eigenvalue weighted by Crippen LogP contribution is -2.28. The summed E-state index contributed by atoms with van der Waals surface area (Å²) < 4.78 is 0. The Labute approximate surface area is 147 Å². The number of nitrogens with zero attached hydrogens (tertiary/aromatic N) is 1. The maximum atomic E-state index is 12.3. The van der Waals surface area contributed by atoms with Gasteiger partial charge in [-0.25, -0.2) is 0 Å². The van der Waals surface area contributed by atoms with Crippen LogP contribution in [0.1, 0.15) is 41.6 Å². The number of fused-ring (bicyclic) bond motifs is 1. The van der Waals surface area contributed by atoms with E-state index in [2.05, 4.69) is 22.4 Å². The van der Waals surface area contributed by atoms with Gasteiger partial charge in [0.25, 0.3) is 5.91 Å². The fourth-order valence-electron chi connectivity index (χ4n) is 3.08. The molecule has 5 nitrogen and oxygen atoms in total. The highest BCUT2D eigenvalue weighted by molar-refractivity contribution is 5.99. The van der Waals surface area contributed by atoms with Crippen molar-refractivity contribution in [2.75, 3.05) is 6.54 Å². The zero-order chi connectivity index (χ0) is 17.6. The molecule has 25 heavy (non-hydrogen) atoms. The van der Waals surface area contributed by atoms with Gasteiger partial charge in [-0.05, 0) is 43.4 Å². The molecule has 1 aromatic heterocycles. The quantitative estimate of drug-likeness (QED) is 0.732. The Morgan fingerprint density at radius 2 is 2.24 bits per heavy atom. The second-order valence-electron chi connectivity index (χ2n) is 6.17. The maximum Gasteiger partial charge on any atom is 0.253 e. The molecule has 1 heterocycles. The van der Waals surface area contributed by atoms with Gasteiger partial charge in [-0.1, -0.05) is 24.3 Å². The standard InChI is InChI=1S/C20H22N4O/c21-10-9-17(22)13-24-20(25)16-11-15-7-4-8-18(19(15)23-12-16)14-5-2-1-3-6-14/h4-5,7-12,21H,1-3,6,13,22H2,(H,24,25)/b17-9-,21-10?. The van der Waals surface area contributed by atoms with E-state index < -0.39 is 0 Å². The monoisotopic (exact) mass is 334 g/mol.